The monoisotopic (exact) mass is 369 g/mol. The molecule has 0 radical (unpaired) electrons. The first-order valence-electron chi connectivity index (χ1n) is 8.85. The van der Waals surface area contributed by atoms with Gasteiger partial charge in [-0.25, -0.2) is 4.79 Å². The standard InChI is InChI=1S/C20H23N3O4/c1-13(2)22-20(25)21-12-14-3-5-15(6-4-14)19(24)23-16-7-8-17-18(11-16)27-10-9-26-17/h3-8,11,13H,9-10,12H2,1-2H3,(H,23,24)(H2,21,22,25). The first-order chi connectivity index (χ1) is 13.0. The molecule has 27 heavy (non-hydrogen) atoms. The van der Waals surface area contributed by atoms with Crippen molar-refractivity contribution in [2.24, 2.45) is 0 Å². The number of rotatable bonds is 5. The lowest BCUT2D eigenvalue weighted by atomic mass is 10.1. The van der Waals surface area contributed by atoms with Gasteiger partial charge in [-0.3, -0.25) is 4.79 Å². The SMILES string of the molecule is CC(C)NC(=O)NCc1ccc(C(=O)Nc2ccc3c(c2)OCCO3)cc1. The van der Waals surface area contributed by atoms with Gasteiger partial charge in [0, 0.05) is 29.9 Å². The number of carbonyl (C=O) groups is 2. The molecule has 0 unspecified atom stereocenters. The van der Waals surface area contributed by atoms with Crippen LogP contribution in [-0.2, 0) is 6.54 Å². The van der Waals surface area contributed by atoms with Crippen molar-refractivity contribution in [1.29, 1.82) is 0 Å². The molecule has 0 aliphatic carbocycles. The van der Waals surface area contributed by atoms with E-state index in [1.807, 2.05) is 26.0 Å². The zero-order valence-electron chi connectivity index (χ0n) is 15.4. The van der Waals surface area contributed by atoms with Crippen LogP contribution in [0, 0.1) is 0 Å². The van der Waals surface area contributed by atoms with Gasteiger partial charge in [-0.15, -0.1) is 0 Å². The predicted octanol–water partition coefficient (Wildman–Crippen LogP) is 2.92. The fourth-order valence-electron chi connectivity index (χ4n) is 2.59. The van der Waals surface area contributed by atoms with Crippen molar-refractivity contribution in [3.63, 3.8) is 0 Å². The van der Waals surface area contributed by atoms with Gasteiger partial charge in [-0.1, -0.05) is 12.1 Å². The molecule has 0 aromatic heterocycles. The number of amides is 3. The zero-order chi connectivity index (χ0) is 19.2. The largest absolute Gasteiger partial charge is 0.486 e. The first kappa shape index (κ1) is 18.6. The Morgan fingerprint density at radius 3 is 2.41 bits per heavy atom. The van der Waals surface area contributed by atoms with Crippen molar-refractivity contribution in [3.05, 3.63) is 53.6 Å². The summed E-state index contributed by atoms with van der Waals surface area (Å²) in [5, 5.41) is 8.38. The molecular formula is C20H23N3O4. The summed E-state index contributed by atoms with van der Waals surface area (Å²) < 4.78 is 11.0. The summed E-state index contributed by atoms with van der Waals surface area (Å²) in [5.74, 6) is 1.08. The van der Waals surface area contributed by atoms with Gasteiger partial charge in [0.25, 0.3) is 5.91 Å². The number of anilines is 1. The van der Waals surface area contributed by atoms with Crippen LogP contribution in [0.2, 0.25) is 0 Å². The van der Waals surface area contributed by atoms with Gasteiger partial charge in [0.15, 0.2) is 11.5 Å². The topological polar surface area (TPSA) is 88.7 Å². The van der Waals surface area contributed by atoms with E-state index in [1.165, 1.54) is 0 Å². The highest BCUT2D eigenvalue weighted by Gasteiger charge is 2.13. The minimum absolute atomic E-state index is 0.0802. The van der Waals surface area contributed by atoms with Crippen LogP contribution < -0.4 is 25.4 Å². The van der Waals surface area contributed by atoms with E-state index in [0.29, 0.717) is 42.5 Å². The normalized spacial score (nSPS) is 12.4. The number of nitrogens with one attached hydrogen (secondary N) is 3. The molecule has 0 saturated carbocycles. The Bertz CT molecular complexity index is 818. The van der Waals surface area contributed by atoms with Crippen LogP contribution in [0.4, 0.5) is 10.5 Å². The minimum Gasteiger partial charge on any atom is -0.486 e. The van der Waals surface area contributed by atoms with Crippen molar-refractivity contribution < 1.29 is 19.1 Å². The minimum atomic E-state index is -0.219. The van der Waals surface area contributed by atoms with Gasteiger partial charge in [0.05, 0.1) is 0 Å². The molecule has 3 N–H and O–H groups in total. The highest BCUT2D eigenvalue weighted by molar-refractivity contribution is 6.04. The van der Waals surface area contributed by atoms with E-state index < -0.39 is 0 Å². The lowest BCUT2D eigenvalue weighted by Gasteiger charge is -2.19. The molecule has 1 aliphatic rings. The van der Waals surface area contributed by atoms with Crippen LogP contribution >= 0.6 is 0 Å². The van der Waals surface area contributed by atoms with Crippen molar-refractivity contribution in [3.8, 4) is 11.5 Å². The van der Waals surface area contributed by atoms with Crippen molar-refractivity contribution in [2.75, 3.05) is 18.5 Å². The van der Waals surface area contributed by atoms with Gasteiger partial charge < -0.3 is 25.4 Å². The predicted molar refractivity (Wildman–Crippen MR) is 102 cm³/mol. The van der Waals surface area contributed by atoms with E-state index in [1.54, 1.807) is 30.3 Å². The van der Waals surface area contributed by atoms with Crippen LogP contribution in [0.3, 0.4) is 0 Å². The molecule has 3 rings (SSSR count). The maximum atomic E-state index is 12.4. The molecule has 2 aromatic rings. The molecule has 0 saturated heterocycles. The average molecular weight is 369 g/mol. The summed E-state index contributed by atoms with van der Waals surface area (Å²) in [6.07, 6.45) is 0. The molecule has 1 heterocycles. The molecule has 0 atom stereocenters. The Balaban J connectivity index is 1.56. The number of carbonyl (C=O) groups excluding carboxylic acids is 2. The number of fused-ring (bicyclic) bond motifs is 1. The van der Waals surface area contributed by atoms with Crippen molar-refractivity contribution in [2.45, 2.75) is 26.4 Å². The molecule has 142 valence electrons. The molecule has 0 spiro atoms. The maximum absolute atomic E-state index is 12.4. The van der Waals surface area contributed by atoms with Crippen LogP contribution in [0.15, 0.2) is 42.5 Å². The summed E-state index contributed by atoms with van der Waals surface area (Å²) in [6.45, 7) is 5.21. The van der Waals surface area contributed by atoms with Gasteiger partial charge in [-0.05, 0) is 43.7 Å². The first-order valence-corrected chi connectivity index (χ1v) is 8.85. The fourth-order valence-corrected chi connectivity index (χ4v) is 2.59. The second-order valence-corrected chi connectivity index (χ2v) is 6.49. The summed E-state index contributed by atoms with van der Waals surface area (Å²) in [7, 11) is 0. The molecule has 0 fully saturated rings. The van der Waals surface area contributed by atoms with E-state index >= 15 is 0 Å². The maximum Gasteiger partial charge on any atom is 0.315 e. The lowest BCUT2D eigenvalue weighted by molar-refractivity contribution is 0.102. The summed E-state index contributed by atoms with van der Waals surface area (Å²) in [4.78, 5) is 24.0. The third-order valence-electron chi connectivity index (χ3n) is 3.89. The van der Waals surface area contributed by atoms with Crippen LogP contribution in [0.5, 0.6) is 11.5 Å². The molecule has 1 aliphatic heterocycles. The molecular weight excluding hydrogens is 346 g/mol. The third-order valence-corrected chi connectivity index (χ3v) is 3.89. The number of urea groups is 1. The molecule has 0 bridgehead atoms. The lowest BCUT2D eigenvalue weighted by Crippen LogP contribution is -2.39. The molecule has 7 nitrogen and oxygen atoms in total. The Kier molecular flexibility index (Phi) is 5.80. The Labute approximate surface area is 158 Å². The van der Waals surface area contributed by atoms with Gasteiger partial charge in [0.2, 0.25) is 0 Å². The highest BCUT2D eigenvalue weighted by Crippen LogP contribution is 2.32. The van der Waals surface area contributed by atoms with Crippen LogP contribution in [0.25, 0.3) is 0 Å². The smallest absolute Gasteiger partial charge is 0.315 e. The average Bonchev–Trinajstić information content (AvgIpc) is 2.66. The van der Waals surface area contributed by atoms with E-state index in [-0.39, 0.29) is 18.0 Å². The van der Waals surface area contributed by atoms with Crippen LogP contribution in [0.1, 0.15) is 29.8 Å². The van der Waals surface area contributed by atoms with Gasteiger partial charge in [-0.2, -0.15) is 0 Å². The Morgan fingerprint density at radius 1 is 1.00 bits per heavy atom. The van der Waals surface area contributed by atoms with E-state index in [9.17, 15) is 9.59 Å². The van der Waals surface area contributed by atoms with E-state index in [0.717, 1.165) is 5.56 Å². The van der Waals surface area contributed by atoms with Gasteiger partial charge >= 0.3 is 6.03 Å². The third kappa shape index (κ3) is 5.13. The fraction of sp³-hybridized carbons (Fsp3) is 0.300. The Hall–Kier alpha value is -3.22. The van der Waals surface area contributed by atoms with Crippen LogP contribution in [-0.4, -0.2) is 31.2 Å². The molecule has 2 aromatic carbocycles. The number of hydrogen-bond acceptors (Lipinski definition) is 4. The Morgan fingerprint density at radius 2 is 1.70 bits per heavy atom. The number of benzene rings is 2. The summed E-state index contributed by atoms with van der Waals surface area (Å²) in [5.41, 5.74) is 2.07. The van der Waals surface area contributed by atoms with Crippen molar-refractivity contribution in [1.82, 2.24) is 10.6 Å². The van der Waals surface area contributed by atoms with E-state index in [2.05, 4.69) is 16.0 Å². The molecule has 7 heteroatoms. The zero-order valence-corrected chi connectivity index (χ0v) is 15.4. The highest BCUT2D eigenvalue weighted by atomic mass is 16.6. The van der Waals surface area contributed by atoms with Crippen molar-refractivity contribution >= 4 is 17.6 Å². The van der Waals surface area contributed by atoms with E-state index in [4.69, 9.17) is 9.47 Å². The second kappa shape index (κ2) is 8.44. The molecule has 3 amide bonds. The number of ether oxygens (including phenoxy) is 2. The summed E-state index contributed by atoms with van der Waals surface area (Å²) >= 11 is 0. The van der Waals surface area contributed by atoms with Gasteiger partial charge in [0.1, 0.15) is 13.2 Å². The second-order valence-electron chi connectivity index (χ2n) is 6.49. The quantitative estimate of drug-likeness (QED) is 0.756. The number of hydrogen-bond donors (Lipinski definition) is 3. The summed E-state index contributed by atoms with van der Waals surface area (Å²) in [6, 6.07) is 12.2.